The number of hydrogen-bond acceptors (Lipinski definition) is 4. The molecule has 0 unspecified atom stereocenters. The van der Waals surface area contributed by atoms with Crippen LogP contribution in [0, 0.1) is 0 Å². The quantitative estimate of drug-likeness (QED) is 0.867. The van der Waals surface area contributed by atoms with E-state index >= 15 is 0 Å². The summed E-state index contributed by atoms with van der Waals surface area (Å²) in [4.78, 5) is 0.284. The maximum Gasteiger partial charge on any atom is 0.286 e. The summed E-state index contributed by atoms with van der Waals surface area (Å²) in [5.74, 6) is 0.875. The Morgan fingerprint density at radius 2 is 2.11 bits per heavy atom. The third-order valence-corrected chi connectivity index (χ3v) is 5.31. The van der Waals surface area contributed by atoms with Crippen molar-refractivity contribution < 1.29 is 8.42 Å². The van der Waals surface area contributed by atoms with Crippen LogP contribution in [-0.2, 0) is 16.4 Å². The van der Waals surface area contributed by atoms with E-state index < -0.39 is 10.0 Å². The summed E-state index contributed by atoms with van der Waals surface area (Å²) in [6, 6.07) is 5.47. The zero-order valence-electron chi connectivity index (χ0n) is 11.1. The molecule has 0 fully saturated rings. The molecule has 1 aromatic carbocycles. The number of benzene rings is 1. The van der Waals surface area contributed by atoms with Crippen molar-refractivity contribution in [2.45, 2.75) is 38.0 Å². The van der Waals surface area contributed by atoms with E-state index in [0.29, 0.717) is 10.9 Å². The molecule has 1 aliphatic rings. The standard InChI is InChI=1S/C13H18N2O2S2/c1-3-5-8-18-13-14-11-7-6-10(4-2)9-12(11)19(16,17)15-13/h6-7,9H,3-5,8H2,1-2H3,(H,14,15). The van der Waals surface area contributed by atoms with Gasteiger partial charge >= 0.3 is 0 Å². The van der Waals surface area contributed by atoms with Crippen LogP contribution in [0.4, 0.5) is 5.69 Å². The Morgan fingerprint density at radius 1 is 1.32 bits per heavy atom. The molecule has 1 aliphatic heterocycles. The fourth-order valence-corrected chi connectivity index (χ4v) is 4.15. The molecule has 1 N–H and O–H groups in total. The summed E-state index contributed by atoms with van der Waals surface area (Å²) >= 11 is 1.46. The smallest absolute Gasteiger partial charge is 0.286 e. The predicted molar refractivity (Wildman–Crippen MR) is 81.4 cm³/mol. The van der Waals surface area contributed by atoms with Gasteiger partial charge in [-0.2, -0.15) is 8.42 Å². The number of hydrogen-bond donors (Lipinski definition) is 1. The molecule has 1 aromatic rings. The molecule has 0 spiro atoms. The van der Waals surface area contributed by atoms with Gasteiger partial charge in [0.25, 0.3) is 10.0 Å². The second kappa shape index (κ2) is 5.96. The minimum atomic E-state index is -3.56. The Kier molecular flexibility index (Phi) is 4.52. The number of aryl methyl sites for hydroxylation is 1. The first-order chi connectivity index (χ1) is 9.06. The van der Waals surface area contributed by atoms with Crippen LogP contribution in [0.3, 0.4) is 0 Å². The van der Waals surface area contributed by atoms with Crippen molar-refractivity contribution in [2.75, 3.05) is 11.1 Å². The molecule has 0 radical (unpaired) electrons. The number of anilines is 1. The van der Waals surface area contributed by atoms with Crippen molar-refractivity contribution in [3.05, 3.63) is 23.8 Å². The highest BCUT2D eigenvalue weighted by atomic mass is 32.2. The van der Waals surface area contributed by atoms with Crippen molar-refractivity contribution in [2.24, 2.45) is 4.40 Å². The Labute approximate surface area is 118 Å². The van der Waals surface area contributed by atoms with Crippen LogP contribution >= 0.6 is 11.8 Å². The van der Waals surface area contributed by atoms with E-state index in [1.54, 1.807) is 6.07 Å². The molecule has 0 bridgehead atoms. The number of fused-ring (bicyclic) bond motifs is 1. The molecule has 0 saturated carbocycles. The molecule has 1 heterocycles. The number of sulfonamides is 1. The van der Waals surface area contributed by atoms with Gasteiger partial charge in [0.2, 0.25) is 0 Å². The van der Waals surface area contributed by atoms with Gasteiger partial charge < -0.3 is 5.32 Å². The SMILES string of the molecule is CCCCSC1=NS(=O)(=O)c2cc(CC)ccc2N1. The van der Waals surface area contributed by atoms with E-state index in [0.717, 1.165) is 30.6 Å². The Morgan fingerprint density at radius 3 is 2.79 bits per heavy atom. The van der Waals surface area contributed by atoms with Crippen LogP contribution < -0.4 is 5.32 Å². The maximum atomic E-state index is 12.1. The summed E-state index contributed by atoms with van der Waals surface area (Å²) in [7, 11) is -3.56. The molecular weight excluding hydrogens is 280 g/mol. The fourth-order valence-electron chi connectivity index (χ4n) is 1.78. The lowest BCUT2D eigenvalue weighted by atomic mass is 10.1. The van der Waals surface area contributed by atoms with Crippen molar-refractivity contribution in [3.63, 3.8) is 0 Å². The van der Waals surface area contributed by atoms with Gasteiger partial charge in [0.15, 0.2) is 5.17 Å². The van der Waals surface area contributed by atoms with Crippen molar-refractivity contribution in [1.82, 2.24) is 0 Å². The largest absolute Gasteiger partial charge is 0.333 e. The second-order valence-electron chi connectivity index (χ2n) is 4.38. The lowest BCUT2D eigenvalue weighted by Crippen LogP contribution is -2.19. The van der Waals surface area contributed by atoms with E-state index in [2.05, 4.69) is 16.6 Å². The van der Waals surface area contributed by atoms with Crippen LogP contribution in [0.15, 0.2) is 27.5 Å². The van der Waals surface area contributed by atoms with Gasteiger partial charge in [-0.1, -0.05) is 38.1 Å². The predicted octanol–water partition coefficient (Wildman–Crippen LogP) is 3.25. The molecule has 0 saturated heterocycles. The highest BCUT2D eigenvalue weighted by molar-refractivity contribution is 8.14. The average Bonchev–Trinajstić information content (AvgIpc) is 2.38. The van der Waals surface area contributed by atoms with Crippen molar-refractivity contribution in [1.29, 1.82) is 0 Å². The molecule has 0 amide bonds. The molecule has 104 valence electrons. The van der Waals surface area contributed by atoms with Crippen LogP contribution in [0.1, 0.15) is 32.3 Å². The third kappa shape index (κ3) is 3.30. The Bertz CT molecular complexity index is 595. The van der Waals surface area contributed by atoms with E-state index in [9.17, 15) is 8.42 Å². The minimum absolute atomic E-state index is 0.284. The first kappa shape index (κ1) is 14.4. The van der Waals surface area contributed by atoms with Crippen LogP contribution in [-0.4, -0.2) is 19.3 Å². The van der Waals surface area contributed by atoms with Gasteiger partial charge in [-0.3, -0.25) is 0 Å². The van der Waals surface area contributed by atoms with Gasteiger partial charge in [0.05, 0.1) is 5.69 Å². The minimum Gasteiger partial charge on any atom is -0.333 e. The fraction of sp³-hybridized carbons (Fsp3) is 0.462. The summed E-state index contributed by atoms with van der Waals surface area (Å²) in [6.07, 6.45) is 2.95. The molecule has 6 heteroatoms. The lowest BCUT2D eigenvalue weighted by Gasteiger charge is -2.18. The second-order valence-corrected chi connectivity index (χ2v) is 7.04. The van der Waals surface area contributed by atoms with E-state index in [-0.39, 0.29) is 4.90 Å². The number of thioether (sulfide) groups is 1. The zero-order chi connectivity index (χ0) is 13.9. The van der Waals surface area contributed by atoms with Crippen LogP contribution in [0.5, 0.6) is 0 Å². The first-order valence-electron chi connectivity index (χ1n) is 6.44. The molecule has 0 atom stereocenters. The molecular formula is C13H18N2O2S2. The number of rotatable bonds is 4. The highest BCUT2D eigenvalue weighted by Gasteiger charge is 2.25. The van der Waals surface area contributed by atoms with Crippen molar-refractivity contribution >= 4 is 32.6 Å². The topological polar surface area (TPSA) is 58.5 Å². The molecule has 19 heavy (non-hydrogen) atoms. The number of unbranched alkanes of at least 4 members (excludes halogenated alkanes) is 1. The van der Waals surface area contributed by atoms with Crippen molar-refractivity contribution in [3.8, 4) is 0 Å². The van der Waals surface area contributed by atoms with E-state index in [1.807, 2.05) is 19.1 Å². The Hall–Kier alpha value is -1.01. The average molecular weight is 298 g/mol. The molecule has 0 aliphatic carbocycles. The summed E-state index contributed by atoms with van der Waals surface area (Å²) in [6.45, 7) is 4.11. The Balaban J connectivity index is 2.27. The van der Waals surface area contributed by atoms with E-state index in [1.165, 1.54) is 11.8 Å². The van der Waals surface area contributed by atoms with Crippen LogP contribution in [0.2, 0.25) is 0 Å². The van der Waals surface area contributed by atoms with Gasteiger partial charge in [0.1, 0.15) is 4.90 Å². The van der Waals surface area contributed by atoms with Gasteiger partial charge in [-0.15, -0.1) is 4.40 Å². The first-order valence-corrected chi connectivity index (χ1v) is 8.87. The third-order valence-electron chi connectivity index (χ3n) is 2.91. The zero-order valence-corrected chi connectivity index (χ0v) is 12.8. The highest BCUT2D eigenvalue weighted by Crippen LogP contribution is 2.30. The van der Waals surface area contributed by atoms with Crippen LogP contribution in [0.25, 0.3) is 0 Å². The van der Waals surface area contributed by atoms with Gasteiger partial charge in [-0.05, 0) is 30.5 Å². The molecule has 2 rings (SSSR count). The molecule has 0 aromatic heterocycles. The van der Waals surface area contributed by atoms with Gasteiger partial charge in [-0.25, -0.2) is 0 Å². The normalized spacial score (nSPS) is 16.4. The number of nitrogens with one attached hydrogen (secondary N) is 1. The molecule has 4 nitrogen and oxygen atoms in total. The maximum absolute atomic E-state index is 12.1. The monoisotopic (exact) mass is 298 g/mol. The summed E-state index contributed by atoms with van der Waals surface area (Å²) in [5, 5.41) is 3.57. The lowest BCUT2D eigenvalue weighted by molar-refractivity contribution is 0.598. The number of nitrogens with zero attached hydrogens (tertiary/aromatic N) is 1. The summed E-state index contributed by atoms with van der Waals surface area (Å²) < 4.78 is 28.1. The van der Waals surface area contributed by atoms with E-state index in [4.69, 9.17) is 0 Å². The summed E-state index contributed by atoms with van der Waals surface area (Å²) in [5.41, 5.74) is 1.63. The van der Waals surface area contributed by atoms with Gasteiger partial charge in [0, 0.05) is 5.75 Å². The number of amidine groups is 1.